The molecule has 0 spiro atoms. The van der Waals surface area contributed by atoms with Crippen LogP contribution in [0.4, 0.5) is 4.79 Å². The number of carbonyl (C=O) groups is 1. The largest absolute Gasteiger partial charge is 0.444 e. The van der Waals surface area contributed by atoms with Crippen molar-refractivity contribution >= 4 is 6.09 Å². The van der Waals surface area contributed by atoms with Gasteiger partial charge in [-0.2, -0.15) is 0 Å². The van der Waals surface area contributed by atoms with Gasteiger partial charge in [0.1, 0.15) is 5.60 Å². The van der Waals surface area contributed by atoms with Gasteiger partial charge in [-0.15, -0.1) is 0 Å². The fourth-order valence-electron chi connectivity index (χ4n) is 3.06. The molecule has 1 aromatic carbocycles. The van der Waals surface area contributed by atoms with Crippen LogP contribution in [0.25, 0.3) is 0 Å². The molecule has 6 heteroatoms. The number of rotatable bonds is 4. The Kier molecular flexibility index (Phi) is 6.08. The summed E-state index contributed by atoms with van der Waals surface area (Å²) in [5, 5.41) is 30.6. The van der Waals surface area contributed by atoms with Crippen molar-refractivity contribution in [1.29, 1.82) is 0 Å². The first kappa shape index (κ1) is 19.7. The number of likely N-dealkylation sites (tertiary alicyclic amines) is 1. The second-order valence-corrected chi connectivity index (χ2v) is 7.77. The molecule has 1 fully saturated rings. The second-order valence-electron chi connectivity index (χ2n) is 7.77. The highest BCUT2D eigenvalue weighted by molar-refractivity contribution is 5.68. The van der Waals surface area contributed by atoms with E-state index in [9.17, 15) is 20.1 Å². The van der Waals surface area contributed by atoms with Gasteiger partial charge in [-0.05, 0) is 39.2 Å². The van der Waals surface area contributed by atoms with Crippen LogP contribution in [0.15, 0.2) is 30.3 Å². The third-order valence-electron chi connectivity index (χ3n) is 4.33. The van der Waals surface area contributed by atoms with Crippen LogP contribution >= 0.6 is 0 Å². The van der Waals surface area contributed by atoms with E-state index >= 15 is 0 Å². The van der Waals surface area contributed by atoms with E-state index in [1.54, 1.807) is 20.8 Å². The zero-order chi connectivity index (χ0) is 18.7. The number of amides is 1. The Balaban J connectivity index is 2.06. The van der Waals surface area contributed by atoms with Gasteiger partial charge in [0, 0.05) is 19.4 Å². The molecule has 0 saturated carbocycles. The van der Waals surface area contributed by atoms with Gasteiger partial charge in [0.15, 0.2) is 5.79 Å². The van der Waals surface area contributed by atoms with Gasteiger partial charge in [0.05, 0.1) is 12.1 Å². The molecular weight excluding hydrogens is 322 g/mol. The number of ether oxygens (including phenoxy) is 1. The molecule has 2 unspecified atom stereocenters. The lowest BCUT2D eigenvalue weighted by Crippen LogP contribution is -2.57. The van der Waals surface area contributed by atoms with Crippen molar-refractivity contribution in [2.24, 2.45) is 0 Å². The van der Waals surface area contributed by atoms with Gasteiger partial charge >= 0.3 is 6.09 Å². The van der Waals surface area contributed by atoms with Gasteiger partial charge in [0.25, 0.3) is 0 Å². The Hall–Kier alpha value is -1.63. The highest BCUT2D eigenvalue weighted by atomic mass is 16.6. The summed E-state index contributed by atoms with van der Waals surface area (Å²) in [5.41, 5.74) is 0.435. The molecule has 3 N–H and O–H groups in total. The smallest absolute Gasteiger partial charge is 0.410 e. The van der Waals surface area contributed by atoms with Crippen LogP contribution < -0.4 is 0 Å². The van der Waals surface area contributed by atoms with Crippen molar-refractivity contribution in [1.82, 2.24) is 4.90 Å². The molecule has 0 aromatic heterocycles. The van der Waals surface area contributed by atoms with Crippen LogP contribution in [0.3, 0.4) is 0 Å². The molecule has 0 bridgehead atoms. The molecule has 1 aromatic rings. The van der Waals surface area contributed by atoms with Crippen molar-refractivity contribution in [2.75, 3.05) is 6.54 Å². The number of hydrogen-bond acceptors (Lipinski definition) is 5. The van der Waals surface area contributed by atoms with E-state index in [1.807, 2.05) is 30.3 Å². The Morgan fingerprint density at radius 2 is 1.96 bits per heavy atom. The number of aliphatic hydroxyl groups excluding tert-OH is 1. The first-order valence-electron chi connectivity index (χ1n) is 8.74. The van der Waals surface area contributed by atoms with E-state index in [1.165, 1.54) is 4.90 Å². The molecule has 1 saturated heterocycles. The molecule has 25 heavy (non-hydrogen) atoms. The standard InChI is InChI=1S/C19H29NO5/c1-18(2,3)25-17(22)20-12-11-19(23,24)13-15(20)16(21)10-9-14-7-5-4-6-8-14/h4-8,15-16,21,23-24H,9-13H2,1-3H3. The number of piperidine rings is 1. The van der Waals surface area contributed by atoms with E-state index in [0.29, 0.717) is 12.8 Å². The first-order valence-corrected chi connectivity index (χ1v) is 8.74. The summed E-state index contributed by atoms with van der Waals surface area (Å²) in [7, 11) is 0. The molecule has 0 aliphatic carbocycles. The molecule has 140 valence electrons. The number of aryl methyl sites for hydroxylation is 1. The SMILES string of the molecule is CC(C)(C)OC(=O)N1CCC(O)(O)CC1C(O)CCc1ccccc1. The Morgan fingerprint density at radius 3 is 2.56 bits per heavy atom. The second kappa shape index (κ2) is 7.72. The summed E-state index contributed by atoms with van der Waals surface area (Å²) in [6, 6.07) is 9.05. The summed E-state index contributed by atoms with van der Waals surface area (Å²) in [5.74, 6) is -1.88. The van der Waals surface area contributed by atoms with Crippen LogP contribution in [0.1, 0.15) is 45.6 Å². The molecule has 2 atom stereocenters. The summed E-state index contributed by atoms with van der Waals surface area (Å²) in [4.78, 5) is 13.9. The van der Waals surface area contributed by atoms with Crippen LogP contribution in [0, 0.1) is 0 Å². The first-order chi connectivity index (χ1) is 11.6. The third kappa shape index (κ3) is 5.99. The molecule has 6 nitrogen and oxygen atoms in total. The Bertz CT molecular complexity index is 567. The maximum atomic E-state index is 12.4. The topological polar surface area (TPSA) is 90.2 Å². The normalized spacial score (nSPS) is 21.7. The molecule has 2 rings (SSSR count). The van der Waals surface area contributed by atoms with E-state index < -0.39 is 29.6 Å². The highest BCUT2D eigenvalue weighted by Gasteiger charge is 2.43. The zero-order valence-corrected chi connectivity index (χ0v) is 15.2. The predicted molar refractivity (Wildman–Crippen MR) is 93.9 cm³/mol. The minimum absolute atomic E-state index is 0.0359. The van der Waals surface area contributed by atoms with Gasteiger partial charge in [-0.1, -0.05) is 30.3 Å². The lowest BCUT2D eigenvalue weighted by atomic mass is 9.90. The number of benzene rings is 1. The molecule has 1 amide bonds. The minimum Gasteiger partial charge on any atom is -0.444 e. The van der Waals surface area contributed by atoms with E-state index in [-0.39, 0.29) is 19.4 Å². The molecule has 1 heterocycles. The fraction of sp³-hybridized carbons (Fsp3) is 0.632. The van der Waals surface area contributed by atoms with Crippen molar-refractivity contribution in [2.45, 2.75) is 70.0 Å². The Morgan fingerprint density at radius 1 is 1.32 bits per heavy atom. The summed E-state index contributed by atoms with van der Waals surface area (Å²) in [6.07, 6.45) is -0.399. The number of aliphatic hydroxyl groups is 3. The average molecular weight is 351 g/mol. The van der Waals surface area contributed by atoms with Gasteiger partial charge in [0.2, 0.25) is 0 Å². The van der Waals surface area contributed by atoms with Crippen molar-refractivity contribution in [3.63, 3.8) is 0 Å². The van der Waals surface area contributed by atoms with Crippen LogP contribution in [-0.2, 0) is 11.2 Å². The number of carbonyl (C=O) groups excluding carboxylic acids is 1. The average Bonchev–Trinajstić information content (AvgIpc) is 2.51. The molecule has 1 aliphatic rings. The number of nitrogens with zero attached hydrogens (tertiary/aromatic N) is 1. The molecule has 0 radical (unpaired) electrons. The van der Waals surface area contributed by atoms with Gasteiger partial charge < -0.3 is 25.0 Å². The highest BCUT2D eigenvalue weighted by Crippen LogP contribution is 2.29. The maximum Gasteiger partial charge on any atom is 0.410 e. The summed E-state index contributed by atoms with van der Waals surface area (Å²) >= 11 is 0. The van der Waals surface area contributed by atoms with Crippen molar-refractivity contribution in [3.05, 3.63) is 35.9 Å². The maximum absolute atomic E-state index is 12.4. The minimum atomic E-state index is -1.88. The predicted octanol–water partition coefficient (Wildman–Crippen LogP) is 2.06. The van der Waals surface area contributed by atoms with Crippen LogP contribution in [0.2, 0.25) is 0 Å². The van der Waals surface area contributed by atoms with Gasteiger partial charge in [-0.25, -0.2) is 4.79 Å². The third-order valence-corrected chi connectivity index (χ3v) is 4.33. The Labute approximate surface area is 149 Å². The van der Waals surface area contributed by atoms with E-state index in [0.717, 1.165) is 5.56 Å². The van der Waals surface area contributed by atoms with E-state index in [2.05, 4.69) is 0 Å². The molecular formula is C19H29NO5. The van der Waals surface area contributed by atoms with E-state index in [4.69, 9.17) is 4.74 Å². The van der Waals surface area contributed by atoms with Crippen molar-refractivity contribution < 1.29 is 24.9 Å². The molecule has 1 aliphatic heterocycles. The summed E-state index contributed by atoms with van der Waals surface area (Å²) < 4.78 is 5.40. The van der Waals surface area contributed by atoms with Crippen LogP contribution in [0.5, 0.6) is 0 Å². The van der Waals surface area contributed by atoms with Crippen LogP contribution in [-0.4, -0.2) is 56.4 Å². The quantitative estimate of drug-likeness (QED) is 0.723. The lowest BCUT2D eigenvalue weighted by molar-refractivity contribution is -0.206. The number of hydrogen-bond donors (Lipinski definition) is 3. The fourth-order valence-corrected chi connectivity index (χ4v) is 3.06. The van der Waals surface area contributed by atoms with Gasteiger partial charge in [-0.3, -0.25) is 0 Å². The van der Waals surface area contributed by atoms with Crippen molar-refractivity contribution in [3.8, 4) is 0 Å². The summed E-state index contributed by atoms with van der Waals surface area (Å²) in [6.45, 7) is 5.46. The lowest BCUT2D eigenvalue weighted by Gasteiger charge is -2.43. The monoisotopic (exact) mass is 351 g/mol. The zero-order valence-electron chi connectivity index (χ0n) is 15.2.